The number of fused-ring (bicyclic) bond motifs is 1. The predicted octanol–water partition coefficient (Wildman–Crippen LogP) is 3.57. The highest BCUT2D eigenvalue weighted by Crippen LogP contribution is 2.32. The molecule has 4 rings (SSSR count). The maximum absolute atomic E-state index is 14.5. The van der Waals surface area contributed by atoms with Gasteiger partial charge in [-0.3, -0.25) is 4.79 Å². The van der Waals surface area contributed by atoms with Gasteiger partial charge in [0.15, 0.2) is 11.8 Å². The highest BCUT2D eigenvalue weighted by atomic mass is 19.3. The van der Waals surface area contributed by atoms with E-state index in [0.717, 1.165) is 0 Å². The molecule has 0 bridgehead atoms. The standard InChI is InChI=1S/C21H19F2N5O2/c1-3-13-5-8-18(26-14(13)4-2)30-17-11-28(10-9-21(17,22)23)20(29)16-7-6-15-19(27-16)25-12-24-15/h3-8,12,17H,1-2,9-11H2,(H,24,25,27). The number of aromatic nitrogens is 4. The van der Waals surface area contributed by atoms with Crippen molar-refractivity contribution in [2.45, 2.75) is 18.4 Å². The highest BCUT2D eigenvalue weighted by Gasteiger charge is 2.47. The van der Waals surface area contributed by atoms with E-state index in [1.54, 1.807) is 18.2 Å². The van der Waals surface area contributed by atoms with E-state index >= 15 is 0 Å². The molecule has 3 aromatic rings. The summed E-state index contributed by atoms with van der Waals surface area (Å²) in [6.07, 6.45) is 2.50. The third-order valence-electron chi connectivity index (χ3n) is 4.97. The van der Waals surface area contributed by atoms with E-state index in [1.165, 1.54) is 29.4 Å². The molecular weight excluding hydrogens is 392 g/mol. The van der Waals surface area contributed by atoms with Gasteiger partial charge >= 0.3 is 0 Å². The highest BCUT2D eigenvalue weighted by molar-refractivity contribution is 5.94. The summed E-state index contributed by atoms with van der Waals surface area (Å²) in [7, 11) is 0. The van der Waals surface area contributed by atoms with Crippen molar-refractivity contribution in [2.24, 2.45) is 0 Å². The Labute approximate surface area is 171 Å². The lowest BCUT2D eigenvalue weighted by Crippen LogP contribution is -2.55. The quantitative estimate of drug-likeness (QED) is 0.694. The molecule has 1 aliphatic heterocycles. The number of likely N-dealkylation sites (tertiary alicyclic amines) is 1. The molecule has 0 aliphatic carbocycles. The number of imidazole rings is 1. The fraction of sp³-hybridized carbons (Fsp3) is 0.238. The summed E-state index contributed by atoms with van der Waals surface area (Å²) in [4.78, 5) is 29.5. The first kappa shape index (κ1) is 19.7. The van der Waals surface area contributed by atoms with E-state index < -0.39 is 24.4 Å². The normalized spacial score (nSPS) is 18.2. The second-order valence-electron chi connectivity index (χ2n) is 6.87. The van der Waals surface area contributed by atoms with Crippen LogP contribution in [0.3, 0.4) is 0 Å². The zero-order valence-electron chi connectivity index (χ0n) is 16.0. The van der Waals surface area contributed by atoms with E-state index in [-0.39, 0.29) is 24.7 Å². The number of nitrogens with one attached hydrogen (secondary N) is 1. The number of amides is 1. The third-order valence-corrected chi connectivity index (χ3v) is 4.97. The Morgan fingerprint density at radius 1 is 1.23 bits per heavy atom. The summed E-state index contributed by atoms with van der Waals surface area (Å²) >= 11 is 0. The van der Waals surface area contributed by atoms with E-state index in [1.807, 2.05) is 0 Å². The number of carbonyl (C=O) groups excluding carboxylic acids is 1. The molecule has 9 heteroatoms. The van der Waals surface area contributed by atoms with Crippen LogP contribution in [0.1, 0.15) is 28.2 Å². The molecule has 1 unspecified atom stereocenters. The van der Waals surface area contributed by atoms with Crippen molar-refractivity contribution in [2.75, 3.05) is 13.1 Å². The number of H-pyrrole nitrogens is 1. The van der Waals surface area contributed by atoms with Crippen LogP contribution in [-0.2, 0) is 0 Å². The zero-order chi connectivity index (χ0) is 21.3. The van der Waals surface area contributed by atoms with Gasteiger partial charge < -0.3 is 14.6 Å². The van der Waals surface area contributed by atoms with Crippen LogP contribution in [0.2, 0.25) is 0 Å². The summed E-state index contributed by atoms with van der Waals surface area (Å²) in [6, 6.07) is 6.38. The summed E-state index contributed by atoms with van der Waals surface area (Å²) in [5.74, 6) is -3.53. The van der Waals surface area contributed by atoms with Crippen molar-refractivity contribution < 1.29 is 18.3 Å². The van der Waals surface area contributed by atoms with Gasteiger partial charge in [0.2, 0.25) is 5.88 Å². The molecule has 3 aromatic heterocycles. The lowest BCUT2D eigenvalue weighted by molar-refractivity contribution is -0.131. The van der Waals surface area contributed by atoms with Crippen LogP contribution in [0.4, 0.5) is 8.78 Å². The van der Waals surface area contributed by atoms with Crippen molar-refractivity contribution in [3.63, 3.8) is 0 Å². The molecular formula is C21H19F2N5O2. The van der Waals surface area contributed by atoms with Crippen molar-refractivity contribution in [3.05, 3.63) is 60.7 Å². The number of hydrogen-bond donors (Lipinski definition) is 1. The second kappa shape index (κ2) is 7.66. The molecule has 1 saturated heterocycles. The van der Waals surface area contributed by atoms with E-state index in [9.17, 15) is 13.6 Å². The van der Waals surface area contributed by atoms with Gasteiger partial charge in [-0.2, -0.15) is 0 Å². The van der Waals surface area contributed by atoms with Gasteiger partial charge in [-0.15, -0.1) is 0 Å². The fourth-order valence-corrected chi connectivity index (χ4v) is 3.30. The summed E-state index contributed by atoms with van der Waals surface area (Å²) in [6.45, 7) is 6.94. The van der Waals surface area contributed by atoms with Gasteiger partial charge in [0, 0.05) is 19.0 Å². The van der Waals surface area contributed by atoms with Gasteiger partial charge in [-0.05, 0) is 29.8 Å². The Morgan fingerprint density at radius 3 is 2.83 bits per heavy atom. The second-order valence-corrected chi connectivity index (χ2v) is 6.87. The number of carbonyl (C=O) groups is 1. The molecule has 30 heavy (non-hydrogen) atoms. The van der Waals surface area contributed by atoms with Crippen LogP contribution >= 0.6 is 0 Å². The Kier molecular flexibility index (Phi) is 5.03. The zero-order valence-corrected chi connectivity index (χ0v) is 16.0. The lowest BCUT2D eigenvalue weighted by Gasteiger charge is -2.37. The largest absolute Gasteiger partial charge is 0.466 e. The number of halogens is 2. The van der Waals surface area contributed by atoms with Crippen molar-refractivity contribution in [1.82, 2.24) is 24.8 Å². The van der Waals surface area contributed by atoms with E-state index in [0.29, 0.717) is 22.4 Å². The first-order chi connectivity index (χ1) is 14.4. The van der Waals surface area contributed by atoms with Crippen LogP contribution in [0.5, 0.6) is 5.88 Å². The minimum absolute atomic E-state index is 0.0329. The molecule has 0 radical (unpaired) electrons. The van der Waals surface area contributed by atoms with Crippen LogP contribution in [-0.4, -0.2) is 55.9 Å². The van der Waals surface area contributed by atoms with E-state index in [2.05, 4.69) is 33.1 Å². The SMILES string of the molecule is C=Cc1ccc(OC2CN(C(=O)c3ccc4[nH]cnc4n3)CCC2(F)F)nc1C=C. The van der Waals surface area contributed by atoms with Crippen LogP contribution in [0.15, 0.2) is 43.8 Å². The maximum atomic E-state index is 14.5. The van der Waals surface area contributed by atoms with Gasteiger partial charge in [-0.25, -0.2) is 23.7 Å². The number of piperidine rings is 1. The van der Waals surface area contributed by atoms with Crippen LogP contribution in [0, 0.1) is 0 Å². The minimum Gasteiger partial charge on any atom is -0.466 e. The van der Waals surface area contributed by atoms with Crippen molar-refractivity contribution in [3.8, 4) is 5.88 Å². The Bertz CT molecular complexity index is 1130. The van der Waals surface area contributed by atoms with Gasteiger partial charge in [0.05, 0.1) is 24.1 Å². The smallest absolute Gasteiger partial charge is 0.287 e. The molecule has 0 aromatic carbocycles. The van der Waals surface area contributed by atoms with Gasteiger partial charge in [-0.1, -0.05) is 19.2 Å². The molecule has 7 nitrogen and oxygen atoms in total. The molecule has 1 fully saturated rings. The third kappa shape index (κ3) is 3.66. The van der Waals surface area contributed by atoms with Gasteiger partial charge in [0.25, 0.3) is 11.8 Å². The Balaban J connectivity index is 1.55. The summed E-state index contributed by atoms with van der Waals surface area (Å²) < 4.78 is 34.6. The summed E-state index contributed by atoms with van der Waals surface area (Å²) in [5.41, 5.74) is 2.40. The number of alkyl halides is 2. The molecule has 154 valence electrons. The molecule has 1 aliphatic rings. The van der Waals surface area contributed by atoms with Crippen LogP contribution < -0.4 is 4.74 Å². The van der Waals surface area contributed by atoms with Crippen molar-refractivity contribution >= 4 is 29.2 Å². The van der Waals surface area contributed by atoms with Gasteiger partial charge in [0.1, 0.15) is 5.69 Å². The van der Waals surface area contributed by atoms with Crippen molar-refractivity contribution in [1.29, 1.82) is 0 Å². The topological polar surface area (TPSA) is 84.0 Å². The molecule has 4 heterocycles. The number of nitrogens with zero attached hydrogens (tertiary/aromatic N) is 4. The monoisotopic (exact) mass is 411 g/mol. The maximum Gasteiger partial charge on any atom is 0.287 e. The molecule has 0 spiro atoms. The lowest BCUT2D eigenvalue weighted by atomic mass is 10.0. The average Bonchev–Trinajstić information content (AvgIpc) is 3.22. The molecule has 1 atom stereocenters. The first-order valence-electron chi connectivity index (χ1n) is 9.31. The molecule has 0 saturated carbocycles. The number of pyridine rings is 2. The summed E-state index contributed by atoms with van der Waals surface area (Å²) in [5, 5.41) is 0. The van der Waals surface area contributed by atoms with E-state index in [4.69, 9.17) is 4.74 Å². The van der Waals surface area contributed by atoms with Crippen LogP contribution in [0.25, 0.3) is 23.3 Å². The predicted molar refractivity (Wildman–Crippen MR) is 108 cm³/mol. The molecule has 1 N–H and O–H groups in total. The average molecular weight is 411 g/mol. The molecule has 1 amide bonds. The first-order valence-corrected chi connectivity index (χ1v) is 9.31. The Hall–Kier alpha value is -3.62. The number of ether oxygens (including phenoxy) is 1. The Morgan fingerprint density at radius 2 is 2.07 bits per heavy atom. The fourth-order valence-electron chi connectivity index (χ4n) is 3.30. The number of rotatable bonds is 5. The number of hydrogen-bond acceptors (Lipinski definition) is 5. The number of aromatic amines is 1. The minimum atomic E-state index is -3.11.